The monoisotopic (exact) mass is 570 g/mol. The van der Waals surface area contributed by atoms with Crippen LogP contribution in [0.3, 0.4) is 0 Å². The molecule has 2 fully saturated rings. The predicted molar refractivity (Wildman–Crippen MR) is 153 cm³/mol. The second-order valence-corrected chi connectivity index (χ2v) is 11.9. The van der Waals surface area contributed by atoms with E-state index >= 15 is 13.2 Å². The van der Waals surface area contributed by atoms with Gasteiger partial charge in [-0.3, -0.25) is 14.2 Å². The van der Waals surface area contributed by atoms with E-state index in [9.17, 15) is 9.59 Å². The number of carbonyl (C=O) groups is 1. The van der Waals surface area contributed by atoms with Crippen LogP contribution in [0.4, 0.5) is 24.8 Å². The average molecular weight is 571 g/mol. The minimum Gasteiger partial charge on any atom is -0.351 e. The van der Waals surface area contributed by atoms with Gasteiger partial charge in [0, 0.05) is 41.7 Å². The highest BCUT2D eigenvalue weighted by Gasteiger charge is 2.27. The molecule has 2 N–H and O–H groups in total. The molecule has 1 amide bonds. The first-order valence-corrected chi connectivity index (χ1v) is 14.4. The van der Waals surface area contributed by atoms with Crippen LogP contribution >= 0.6 is 0 Å². The van der Waals surface area contributed by atoms with Crippen LogP contribution in [0.1, 0.15) is 71.3 Å². The summed E-state index contributed by atoms with van der Waals surface area (Å²) >= 11 is 0. The summed E-state index contributed by atoms with van der Waals surface area (Å²) in [4.78, 5) is 37.2. The zero-order chi connectivity index (χ0) is 29.4. The molecule has 2 saturated carbocycles. The van der Waals surface area contributed by atoms with Gasteiger partial charge in [-0.15, -0.1) is 0 Å². The fourth-order valence-electron chi connectivity index (χ4n) is 5.84. The maximum atomic E-state index is 15.3. The number of hydrogen-bond acceptors (Lipinski definition) is 6. The lowest BCUT2D eigenvalue weighted by Gasteiger charge is -2.33. The molecular formula is C30H37F3N6O2. The number of pyridine rings is 1. The number of fused-ring (bicyclic) bond motifs is 1. The number of amides is 1. The Kier molecular flexibility index (Phi) is 8.35. The fourth-order valence-corrected chi connectivity index (χ4v) is 5.84. The van der Waals surface area contributed by atoms with Gasteiger partial charge in [-0.25, -0.2) is 18.2 Å². The first kappa shape index (κ1) is 29.0. The summed E-state index contributed by atoms with van der Waals surface area (Å²) in [6.07, 6.45) is 8.48. The third kappa shape index (κ3) is 5.95. The SMILES string of the molecule is CC(C)n1c(=O)c(-c2cc(F)c(NC(=O)CC3CCC3)c(F)c2F)cc2cnc(NC3CCC(N(C)C)CC3)nc21. The largest absolute Gasteiger partial charge is 0.351 e. The van der Waals surface area contributed by atoms with Crippen molar-refractivity contribution in [2.45, 2.75) is 83.3 Å². The molecule has 3 aromatic rings. The highest BCUT2D eigenvalue weighted by Crippen LogP contribution is 2.33. The zero-order valence-corrected chi connectivity index (χ0v) is 23.9. The topological polar surface area (TPSA) is 92.1 Å². The van der Waals surface area contributed by atoms with Crippen LogP contribution < -0.4 is 16.2 Å². The molecule has 2 aliphatic rings. The Balaban J connectivity index is 1.46. The average Bonchev–Trinajstić information content (AvgIpc) is 2.90. The molecule has 0 saturated heterocycles. The van der Waals surface area contributed by atoms with Crippen molar-refractivity contribution in [3.8, 4) is 11.1 Å². The number of nitrogens with one attached hydrogen (secondary N) is 2. The molecule has 0 spiro atoms. The molecule has 220 valence electrons. The van der Waals surface area contributed by atoms with Gasteiger partial charge >= 0.3 is 0 Å². The van der Waals surface area contributed by atoms with Crippen molar-refractivity contribution >= 4 is 28.6 Å². The van der Waals surface area contributed by atoms with Gasteiger partial charge in [-0.05, 0) is 84.5 Å². The Labute approximate surface area is 237 Å². The Morgan fingerprint density at radius 1 is 1.05 bits per heavy atom. The first-order chi connectivity index (χ1) is 19.5. The number of nitrogens with zero attached hydrogens (tertiary/aromatic N) is 4. The summed E-state index contributed by atoms with van der Waals surface area (Å²) in [6.45, 7) is 3.56. The van der Waals surface area contributed by atoms with Gasteiger partial charge in [-0.1, -0.05) is 6.42 Å². The Bertz CT molecular complexity index is 1510. The molecule has 41 heavy (non-hydrogen) atoms. The van der Waals surface area contributed by atoms with E-state index in [0.717, 1.165) is 51.0 Å². The molecule has 2 heterocycles. The van der Waals surface area contributed by atoms with Crippen LogP contribution in [-0.2, 0) is 4.79 Å². The molecule has 2 aromatic heterocycles. The molecule has 0 unspecified atom stereocenters. The van der Waals surface area contributed by atoms with Crippen LogP contribution in [0.2, 0.25) is 0 Å². The van der Waals surface area contributed by atoms with Crippen molar-refractivity contribution in [1.82, 2.24) is 19.4 Å². The number of rotatable bonds is 8. The number of aromatic nitrogens is 3. The van der Waals surface area contributed by atoms with Crippen molar-refractivity contribution in [1.29, 1.82) is 0 Å². The molecule has 8 nitrogen and oxygen atoms in total. The fraction of sp³-hybridized carbons (Fsp3) is 0.533. The van der Waals surface area contributed by atoms with Crippen molar-refractivity contribution < 1.29 is 18.0 Å². The summed E-state index contributed by atoms with van der Waals surface area (Å²) in [5.74, 6) is -4.12. The lowest BCUT2D eigenvalue weighted by Crippen LogP contribution is -2.36. The van der Waals surface area contributed by atoms with E-state index in [0.29, 0.717) is 23.0 Å². The highest BCUT2D eigenvalue weighted by atomic mass is 19.2. The smallest absolute Gasteiger partial charge is 0.260 e. The summed E-state index contributed by atoms with van der Waals surface area (Å²) in [5.41, 5.74) is -1.89. The van der Waals surface area contributed by atoms with Crippen LogP contribution in [0.15, 0.2) is 23.1 Å². The van der Waals surface area contributed by atoms with Gasteiger partial charge in [0.25, 0.3) is 5.56 Å². The van der Waals surface area contributed by atoms with E-state index in [1.807, 2.05) is 0 Å². The van der Waals surface area contributed by atoms with Gasteiger partial charge in [0.2, 0.25) is 11.9 Å². The number of hydrogen-bond donors (Lipinski definition) is 2. The van der Waals surface area contributed by atoms with Crippen molar-refractivity contribution in [3.05, 3.63) is 46.1 Å². The molecule has 2 aliphatic carbocycles. The zero-order valence-electron chi connectivity index (χ0n) is 23.9. The number of carbonyl (C=O) groups excluding carboxylic acids is 1. The normalized spacial score (nSPS) is 19.5. The van der Waals surface area contributed by atoms with Gasteiger partial charge in [0.05, 0.1) is 5.56 Å². The van der Waals surface area contributed by atoms with E-state index in [2.05, 4.69) is 39.6 Å². The van der Waals surface area contributed by atoms with Crippen molar-refractivity contribution in [2.24, 2.45) is 5.92 Å². The Morgan fingerprint density at radius 3 is 2.37 bits per heavy atom. The Hall–Kier alpha value is -3.47. The van der Waals surface area contributed by atoms with E-state index in [-0.39, 0.29) is 30.0 Å². The van der Waals surface area contributed by atoms with E-state index in [1.165, 1.54) is 16.8 Å². The standard InChI is InChI=1S/C30H37F3N6O2/c1-16(2)39-28-18(15-34-30(37-28)35-19-8-10-20(11-9-19)38(3)4)13-22(29(39)41)21-14-23(31)27(26(33)25(21)32)36-24(40)12-17-6-5-7-17/h13-17,19-20H,5-12H2,1-4H3,(H,36,40)(H,34,35,37). The van der Waals surface area contributed by atoms with Gasteiger partial charge < -0.3 is 15.5 Å². The minimum absolute atomic E-state index is 0.125. The maximum absolute atomic E-state index is 15.3. The molecule has 5 rings (SSSR count). The van der Waals surface area contributed by atoms with Gasteiger partial charge in [0.1, 0.15) is 11.3 Å². The maximum Gasteiger partial charge on any atom is 0.260 e. The minimum atomic E-state index is -1.54. The molecular weight excluding hydrogens is 533 g/mol. The first-order valence-electron chi connectivity index (χ1n) is 14.4. The highest BCUT2D eigenvalue weighted by molar-refractivity contribution is 5.92. The van der Waals surface area contributed by atoms with Crippen LogP contribution in [0.5, 0.6) is 0 Å². The molecule has 0 atom stereocenters. The molecule has 11 heteroatoms. The summed E-state index contributed by atoms with van der Waals surface area (Å²) < 4.78 is 46.9. The summed E-state index contributed by atoms with van der Waals surface area (Å²) in [7, 11) is 4.17. The van der Waals surface area contributed by atoms with E-state index < -0.39 is 40.2 Å². The molecule has 1 aromatic carbocycles. The predicted octanol–water partition coefficient (Wildman–Crippen LogP) is 5.87. The second-order valence-electron chi connectivity index (χ2n) is 11.9. The molecule has 0 aliphatic heterocycles. The van der Waals surface area contributed by atoms with E-state index in [1.54, 1.807) is 13.8 Å². The molecule has 0 radical (unpaired) electrons. The van der Waals surface area contributed by atoms with E-state index in [4.69, 9.17) is 0 Å². The van der Waals surface area contributed by atoms with Crippen molar-refractivity contribution in [3.63, 3.8) is 0 Å². The molecule has 0 bridgehead atoms. The number of benzene rings is 1. The van der Waals surface area contributed by atoms with Gasteiger partial charge in [0.15, 0.2) is 17.5 Å². The summed E-state index contributed by atoms with van der Waals surface area (Å²) in [6, 6.07) is 2.48. The van der Waals surface area contributed by atoms with Crippen LogP contribution in [-0.4, -0.2) is 51.5 Å². The number of halogens is 3. The lowest BCUT2D eigenvalue weighted by molar-refractivity contribution is -0.117. The van der Waals surface area contributed by atoms with Gasteiger partial charge in [-0.2, -0.15) is 4.98 Å². The van der Waals surface area contributed by atoms with Crippen molar-refractivity contribution in [2.75, 3.05) is 24.7 Å². The third-order valence-corrected chi connectivity index (χ3v) is 8.46. The summed E-state index contributed by atoms with van der Waals surface area (Å²) in [5, 5.41) is 5.98. The lowest BCUT2D eigenvalue weighted by atomic mass is 9.83. The van der Waals surface area contributed by atoms with Crippen LogP contribution in [0, 0.1) is 23.4 Å². The van der Waals surface area contributed by atoms with Crippen LogP contribution in [0.25, 0.3) is 22.2 Å². The quantitative estimate of drug-likeness (QED) is 0.329. The number of anilines is 2. The third-order valence-electron chi connectivity index (χ3n) is 8.46. The Morgan fingerprint density at radius 2 is 1.76 bits per heavy atom. The second kappa shape index (κ2) is 11.8.